The highest BCUT2D eigenvalue weighted by atomic mass is 19.4. The summed E-state index contributed by atoms with van der Waals surface area (Å²) >= 11 is 0. The smallest absolute Gasteiger partial charge is 0.463 e. The number of hydrogen-bond donors (Lipinski definition) is 2. The predicted molar refractivity (Wildman–Crippen MR) is 113 cm³/mol. The van der Waals surface area contributed by atoms with Crippen LogP contribution in [0.2, 0.25) is 0 Å². The fourth-order valence-electron chi connectivity index (χ4n) is 4.01. The van der Waals surface area contributed by atoms with E-state index in [9.17, 15) is 22.8 Å². The van der Waals surface area contributed by atoms with Crippen molar-refractivity contribution in [3.8, 4) is 5.75 Å². The van der Waals surface area contributed by atoms with Crippen LogP contribution < -0.4 is 10.1 Å². The van der Waals surface area contributed by atoms with Crippen molar-refractivity contribution in [1.29, 1.82) is 0 Å². The molecule has 1 amide bonds. The van der Waals surface area contributed by atoms with Crippen molar-refractivity contribution in [2.24, 2.45) is 11.8 Å². The number of rotatable bonds is 7. The van der Waals surface area contributed by atoms with Crippen LogP contribution in [-0.4, -0.2) is 35.9 Å². The molecule has 2 N–H and O–H groups in total. The highest BCUT2D eigenvalue weighted by molar-refractivity contribution is 5.87. The fraction of sp³-hybridized carbons (Fsp3) is 0.478. The van der Waals surface area contributed by atoms with E-state index in [0.29, 0.717) is 30.2 Å². The molecule has 1 heterocycles. The quantitative estimate of drug-likeness (QED) is 0.477. The van der Waals surface area contributed by atoms with Gasteiger partial charge in [-0.2, -0.15) is 0 Å². The summed E-state index contributed by atoms with van der Waals surface area (Å²) in [6, 6.07) is 4.13. The predicted octanol–water partition coefficient (Wildman–Crippen LogP) is 4.57. The zero-order chi connectivity index (χ0) is 23.5. The lowest BCUT2D eigenvalue weighted by molar-refractivity contribution is -0.274. The third-order valence-electron chi connectivity index (χ3n) is 5.42. The molecule has 2 aromatic rings. The number of nitrogens with one attached hydrogen (secondary N) is 2. The molecule has 2 atom stereocenters. The first-order valence-electron chi connectivity index (χ1n) is 10.6. The number of alkyl halides is 3. The van der Waals surface area contributed by atoms with Crippen LogP contribution in [0.5, 0.6) is 5.75 Å². The van der Waals surface area contributed by atoms with Gasteiger partial charge in [0.25, 0.3) is 0 Å². The minimum absolute atomic E-state index is 0.237. The van der Waals surface area contributed by atoms with E-state index in [2.05, 4.69) is 15.0 Å². The van der Waals surface area contributed by atoms with Crippen LogP contribution in [-0.2, 0) is 20.7 Å². The van der Waals surface area contributed by atoms with Crippen LogP contribution in [0.15, 0.2) is 30.4 Å². The zero-order valence-corrected chi connectivity index (χ0v) is 18.2. The molecule has 3 rings (SSSR count). The minimum atomic E-state index is -4.77. The number of carbonyl (C=O) groups is 2. The molecule has 6 nitrogen and oxygen atoms in total. The Morgan fingerprint density at radius 1 is 1.19 bits per heavy atom. The summed E-state index contributed by atoms with van der Waals surface area (Å²) in [6.45, 7) is 5.63. The molecule has 0 fully saturated rings. The van der Waals surface area contributed by atoms with Crippen LogP contribution in [0, 0.1) is 18.8 Å². The van der Waals surface area contributed by atoms with Crippen LogP contribution in [0.4, 0.5) is 13.2 Å². The second kappa shape index (κ2) is 9.67. The van der Waals surface area contributed by atoms with Gasteiger partial charge in [0.2, 0.25) is 5.91 Å². The molecule has 0 radical (unpaired) electrons. The third-order valence-corrected chi connectivity index (χ3v) is 5.42. The maximum atomic E-state index is 12.8. The molecule has 0 saturated carbocycles. The molecule has 1 aromatic heterocycles. The summed E-state index contributed by atoms with van der Waals surface area (Å²) in [6.07, 6.45) is 0.0572. The van der Waals surface area contributed by atoms with Crippen molar-refractivity contribution in [3.05, 3.63) is 41.6 Å². The number of H-pyrrole nitrogens is 1. The van der Waals surface area contributed by atoms with Crippen molar-refractivity contribution in [3.63, 3.8) is 0 Å². The summed E-state index contributed by atoms with van der Waals surface area (Å²) in [7, 11) is 0. The number of esters is 1. The monoisotopic (exact) mass is 452 g/mol. The third kappa shape index (κ3) is 5.83. The SMILES string of the molecule is Cc1[nH]c2ccc(OC(F)(F)F)cc2c1CCNC(=O)[C@@H]1CC=CC[C@@H]1C(=O)OC(C)C. The van der Waals surface area contributed by atoms with Gasteiger partial charge in [0, 0.05) is 23.1 Å². The first kappa shape index (κ1) is 23.7. The second-order valence-electron chi connectivity index (χ2n) is 8.17. The maximum absolute atomic E-state index is 12.8. The molecule has 9 heteroatoms. The molecule has 0 saturated heterocycles. The van der Waals surface area contributed by atoms with Crippen molar-refractivity contribution >= 4 is 22.8 Å². The van der Waals surface area contributed by atoms with E-state index in [-0.39, 0.29) is 30.3 Å². The summed E-state index contributed by atoms with van der Waals surface area (Å²) in [5.41, 5.74) is 2.29. The van der Waals surface area contributed by atoms with E-state index in [4.69, 9.17) is 4.74 Å². The van der Waals surface area contributed by atoms with E-state index in [0.717, 1.165) is 11.3 Å². The molecule has 0 aliphatic heterocycles. The highest BCUT2D eigenvalue weighted by Crippen LogP contribution is 2.30. The lowest BCUT2D eigenvalue weighted by Crippen LogP contribution is -2.40. The average Bonchev–Trinajstić information content (AvgIpc) is 3.01. The first-order valence-corrected chi connectivity index (χ1v) is 10.6. The Morgan fingerprint density at radius 3 is 2.53 bits per heavy atom. The van der Waals surface area contributed by atoms with Crippen LogP contribution >= 0.6 is 0 Å². The summed E-state index contributed by atoms with van der Waals surface area (Å²) < 4.78 is 47.0. The van der Waals surface area contributed by atoms with Crippen LogP contribution in [0.3, 0.4) is 0 Å². The van der Waals surface area contributed by atoms with Gasteiger partial charge in [0.1, 0.15) is 5.75 Å². The van der Waals surface area contributed by atoms with Gasteiger partial charge in [-0.3, -0.25) is 9.59 Å². The molecule has 174 valence electrons. The molecule has 1 aliphatic rings. The Labute approximate surface area is 184 Å². The number of ether oxygens (including phenoxy) is 2. The van der Waals surface area contributed by atoms with Gasteiger partial charge >= 0.3 is 12.3 Å². The number of carbonyl (C=O) groups excluding carboxylic acids is 2. The lowest BCUT2D eigenvalue weighted by atomic mass is 9.82. The average molecular weight is 452 g/mol. The van der Waals surface area contributed by atoms with Gasteiger partial charge in [-0.25, -0.2) is 0 Å². The molecule has 0 bridgehead atoms. The van der Waals surface area contributed by atoms with Crippen LogP contribution in [0.25, 0.3) is 10.9 Å². The summed E-state index contributed by atoms with van der Waals surface area (Å²) in [5.74, 6) is -1.95. The number of aromatic amines is 1. The minimum Gasteiger partial charge on any atom is -0.463 e. The van der Waals surface area contributed by atoms with E-state index in [1.807, 2.05) is 19.1 Å². The van der Waals surface area contributed by atoms with Crippen molar-refractivity contribution in [2.75, 3.05) is 6.54 Å². The number of benzene rings is 1. The standard InChI is InChI=1S/C23H27F3N2O4/c1-13(2)31-22(30)18-7-5-4-6-17(18)21(29)27-11-10-16-14(3)28-20-9-8-15(12-19(16)20)32-23(24,25)26/h4-5,8-9,12-13,17-18,28H,6-7,10-11H2,1-3H3,(H,27,29)/t17-,18+/m1/s1. The van der Waals surface area contributed by atoms with Gasteiger partial charge in [0.05, 0.1) is 17.9 Å². The highest BCUT2D eigenvalue weighted by Gasteiger charge is 2.35. The van der Waals surface area contributed by atoms with Gasteiger partial charge in [-0.1, -0.05) is 12.2 Å². The Kier molecular flexibility index (Phi) is 7.16. The van der Waals surface area contributed by atoms with Gasteiger partial charge < -0.3 is 19.8 Å². The van der Waals surface area contributed by atoms with Crippen LogP contribution in [0.1, 0.15) is 37.9 Å². The van der Waals surface area contributed by atoms with Crippen molar-refractivity contribution < 1.29 is 32.2 Å². The number of fused-ring (bicyclic) bond motifs is 1. The summed E-state index contributed by atoms with van der Waals surface area (Å²) in [4.78, 5) is 28.3. The number of aromatic nitrogens is 1. The number of halogens is 3. The van der Waals surface area contributed by atoms with Crippen molar-refractivity contribution in [1.82, 2.24) is 10.3 Å². The van der Waals surface area contributed by atoms with Gasteiger partial charge in [0.15, 0.2) is 0 Å². The molecule has 0 unspecified atom stereocenters. The van der Waals surface area contributed by atoms with E-state index in [1.165, 1.54) is 18.2 Å². The first-order chi connectivity index (χ1) is 15.0. The molecule has 1 aliphatic carbocycles. The Hall–Kier alpha value is -2.97. The Morgan fingerprint density at radius 2 is 1.88 bits per heavy atom. The van der Waals surface area contributed by atoms with Gasteiger partial charge in [-0.05, 0) is 63.8 Å². The zero-order valence-electron chi connectivity index (χ0n) is 18.2. The fourth-order valence-corrected chi connectivity index (χ4v) is 4.01. The van der Waals surface area contributed by atoms with Crippen molar-refractivity contribution in [2.45, 2.75) is 52.5 Å². The molecular formula is C23H27F3N2O4. The molecule has 32 heavy (non-hydrogen) atoms. The summed E-state index contributed by atoms with van der Waals surface area (Å²) in [5, 5.41) is 3.48. The molecular weight excluding hydrogens is 425 g/mol. The van der Waals surface area contributed by atoms with E-state index in [1.54, 1.807) is 13.8 Å². The number of allylic oxidation sites excluding steroid dienone is 2. The number of aryl methyl sites for hydroxylation is 1. The topological polar surface area (TPSA) is 80.4 Å². The number of amides is 1. The normalized spacial score (nSPS) is 18.7. The largest absolute Gasteiger partial charge is 0.573 e. The second-order valence-corrected chi connectivity index (χ2v) is 8.17. The molecule has 0 spiro atoms. The number of hydrogen-bond acceptors (Lipinski definition) is 4. The Bertz CT molecular complexity index is 1010. The lowest BCUT2D eigenvalue weighted by Gasteiger charge is -2.26. The Balaban J connectivity index is 1.67. The van der Waals surface area contributed by atoms with E-state index < -0.39 is 18.2 Å². The van der Waals surface area contributed by atoms with Gasteiger partial charge in [-0.15, -0.1) is 13.2 Å². The maximum Gasteiger partial charge on any atom is 0.573 e. The molecule has 1 aromatic carbocycles. The van der Waals surface area contributed by atoms with E-state index >= 15 is 0 Å².